The Morgan fingerprint density at radius 2 is 2.24 bits per heavy atom. The average Bonchev–Trinajstić information content (AvgIpc) is 2.36. The van der Waals surface area contributed by atoms with Gasteiger partial charge in [-0.1, -0.05) is 25.0 Å². The van der Waals surface area contributed by atoms with E-state index < -0.39 is 0 Å². The molecule has 98 valence electrons. The fourth-order valence-corrected chi connectivity index (χ4v) is 2.05. The van der Waals surface area contributed by atoms with E-state index in [4.69, 9.17) is 0 Å². The van der Waals surface area contributed by atoms with Gasteiger partial charge in [-0.25, -0.2) is 0 Å². The van der Waals surface area contributed by atoms with Crippen LogP contribution < -0.4 is 10.6 Å². The normalized spacial score (nSPS) is 15.5. The Hall–Kier alpha value is -0.830. The van der Waals surface area contributed by atoms with Crippen LogP contribution in [0.4, 0.5) is 0 Å². The van der Waals surface area contributed by atoms with E-state index >= 15 is 0 Å². The van der Waals surface area contributed by atoms with E-state index in [1.54, 1.807) is 5.57 Å². The molecule has 0 aliphatic heterocycles. The van der Waals surface area contributed by atoms with E-state index in [1.165, 1.54) is 25.7 Å². The average molecular weight is 238 g/mol. The number of carbonyl (C=O) groups excluding carboxylic acids is 1. The summed E-state index contributed by atoms with van der Waals surface area (Å²) in [5.74, 6) is 0.121. The van der Waals surface area contributed by atoms with Crippen LogP contribution >= 0.6 is 0 Å². The Balaban J connectivity index is 1.96. The van der Waals surface area contributed by atoms with Crippen molar-refractivity contribution in [3.8, 4) is 0 Å². The Morgan fingerprint density at radius 1 is 1.35 bits per heavy atom. The van der Waals surface area contributed by atoms with Crippen LogP contribution in [0.2, 0.25) is 0 Å². The molecule has 1 aliphatic carbocycles. The minimum Gasteiger partial charge on any atom is -0.355 e. The number of nitrogens with one attached hydrogen (secondary N) is 2. The van der Waals surface area contributed by atoms with Crippen molar-refractivity contribution >= 4 is 5.91 Å². The second kappa shape index (κ2) is 9.23. The predicted molar refractivity (Wildman–Crippen MR) is 72.0 cm³/mol. The first kappa shape index (κ1) is 14.2. The highest BCUT2D eigenvalue weighted by atomic mass is 16.1. The van der Waals surface area contributed by atoms with Gasteiger partial charge in [0.1, 0.15) is 0 Å². The van der Waals surface area contributed by atoms with Crippen LogP contribution in [-0.4, -0.2) is 25.5 Å². The van der Waals surface area contributed by atoms with E-state index in [2.05, 4.69) is 23.6 Å². The summed E-state index contributed by atoms with van der Waals surface area (Å²) >= 11 is 0. The molecule has 0 atom stereocenters. The number of hydrogen-bond donors (Lipinski definition) is 2. The highest BCUT2D eigenvalue weighted by Crippen LogP contribution is 2.19. The molecule has 1 aliphatic rings. The molecule has 1 amide bonds. The molecule has 0 saturated heterocycles. The number of rotatable bonds is 8. The summed E-state index contributed by atoms with van der Waals surface area (Å²) < 4.78 is 0. The minimum absolute atomic E-state index is 0.121. The van der Waals surface area contributed by atoms with Crippen LogP contribution in [0.3, 0.4) is 0 Å². The molecule has 1 rings (SSSR count). The molecule has 0 spiro atoms. The molecule has 0 unspecified atom stereocenters. The standard InChI is InChI=1S/C14H26N2O/c1-2-3-10-16-14(17)12-15-11-9-13-7-5-4-6-8-13/h7,15H,2-6,8-12H2,1H3,(H,16,17). The minimum atomic E-state index is 0.121. The van der Waals surface area contributed by atoms with Gasteiger partial charge in [0.15, 0.2) is 0 Å². The lowest BCUT2D eigenvalue weighted by molar-refractivity contribution is -0.120. The summed E-state index contributed by atoms with van der Waals surface area (Å²) in [5, 5.41) is 6.11. The van der Waals surface area contributed by atoms with Gasteiger partial charge in [-0.2, -0.15) is 0 Å². The van der Waals surface area contributed by atoms with E-state index in [-0.39, 0.29) is 5.91 Å². The quantitative estimate of drug-likeness (QED) is 0.503. The summed E-state index contributed by atoms with van der Waals surface area (Å²) in [7, 11) is 0. The fourth-order valence-electron chi connectivity index (χ4n) is 2.05. The monoisotopic (exact) mass is 238 g/mol. The highest BCUT2D eigenvalue weighted by Gasteiger charge is 2.03. The number of hydrogen-bond acceptors (Lipinski definition) is 2. The van der Waals surface area contributed by atoms with Crippen molar-refractivity contribution in [3.63, 3.8) is 0 Å². The molecule has 0 saturated carbocycles. The third kappa shape index (κ3) is 7.16. The van der Waals surface area contributed by atoms with E-state index in [9.17, 15) is 4.79 Å². The van der Waals surface area contributed by atoms with Gasteiger partial charge in [-0.05, 0) is 45.1 Å². The first-order valence-electron chi connectivity index (χ1n) is 6.98. The molecule has 0 fully saturated rings. The number of unbranched alkanes of at least 4 members (excludes halogenated alkanes) is 1. The van der Waals surface area contributed by atoms with Crippen molar-refractivity contribution in [3.05, 3.63) is 11.6 Å². The third-order valence-corrected chi connectivity index (χ3v) is 3.15. The first-order valence-corrected chi connectivity index (χ1v) is 6.98. The van der Waals surface area contributed by atoms with E-state index in [1.807, 2.05) is 0 Å². The predicted octanol–water partition coefficient (Wildman–Crippen LogP) is 2.38. The Kier molecular flexibility index (Phi) is 7.72. The number of amides is 1. The van der Waals surface area contributed by atoms with Crippen LogP contribution in [0.25, 0.3) is 0 Å². The first-order chi connectivity index (χ1) is 8.33. The van der Waals surface area contributed by atoms with Crippen molar-refractivity contribution in [2.75, 3.05) is 19.6 Å². The van der Waals surface area contributed by atoms with Gasteiger partial charge in [-0.3, -0.25) is 4.79 Å². The summed E-state index contributed by atoms with van der Waals surface area (Å²) in [6.07, 6.45) is 10.8. The topological polar surface area (TPSA) is 41.1 Å². The summed E-state index contributed by atoms with van der Waals surface area (Å²) in [6.45, 7) is 4.31. The van der Waals surface area contributed by atoms with Crippen LogP contribution in [0, 0.1) is 0 Å². The molecular weight excluding hydrogens is 212 g/mol. The van der Waals surface area contributed by atoms with Gasteiger partial charge in [0.2, 0.25) is 5.91 Å². The second-order valence-electron chi connectivity index (χ2n) is 4.74. The molecule has 0 aromatic heterocycles. The van der Waals surface area contributed by atoms with Crippen LogP contribution in [-0.2, 0) is 4.79 Å². The van der Waals surface area contributed by atoms with Gasteiger partial charge in [0.05, 0.1) is 6.54 Å². The largest absolute Gasteiger partial charge is 0.355 e. The Labute approximate surface area is 105 Å². The summed E-state index contributed by atoms with van der Waals surface area (Å²) in [5.41, 5.74) is 1.56. The third-order valence-electron chi connectivity index (χ3n) is 3.15. The zero-order valence-electron chi connectivity index (χ0n) is 11.1. The Bertz CT molecular complexity index is 249. The van der Waals surface area contributed by atoms with Crippen molar-refractivity contribution in [1.82, 2.24) is 10.6 Å². The molecule has 2 N–H and O–H groups in total. The molecule has 0 aromatic rings. The number of carbonyl (C=O) groups is 1. The molecular formula is C14H26N2O. The van der Waals surface area contributed by atoms with Crippen LogP contribution in [0.5, 0.6) is 0 Å². The van der Waals surface area contributed by atoms with Gasteiger partial charge < -0.3 is 10.6 Å². The zero-order valence-corrected chi connectivity index (χ0v) is 11.1. The lowest BCUT2D eigenvalue weighted by Gasteiger charge is -2.12. The molecule has 0 bridgehead atoms. The van der Waals surface area contributed by atoms with Crippen LogP contribution in [0.1, 0.15) is 51.9 Å². The van der Waals surface area contributed by atoms with Gasteiger partial charge in [0, 0.05) is 6.54 Å². The Morgan fingerprint density at radius 3 is 2.94 bits per heavy atom. The van der Waals surface area contributed by atoms with Crippen LogP contribution in [0.15, 0.2) is 11.6 Å². The maximum Gasteiger partial charge on any atom is 0.233 e. The van der Waals surface area contributed by atoms with E-state index in [0.717, 1.165) is 32.4 Å². The highest BCUT2D eigenvalue weighted by molar-refractivity contribution is 5.77. The fraction of sp³-hybridized carbons (Fsp3) is 0.786. The smallest absolute Gasteiger partial charge is 0.233 e. The second-order valence-corrected chi connectivity index (χ2v) is 4.74. The summed E-state index contributed by atoms with van der Waals surface area (Å²) in [6, 6.07) is 0. The van der Waals surface area contributed by atoms with Gasteiger partial charge >= 0.3 is 0 Å². The SMILES string of the molecule is CCCCNC(=O)CNCCC1=CCCCC1. The van der Waals surface area contributed by atoms with Crippen molar-refractivity contribution in [2.45, 2.75) is 51.9 Å². The van der Waals surface area contributed by atoms with E-state index in [0.29, 0.717) is 6.54 Å². The maximum absolute atomic E-state index is 11.4. The molecule has 0 aromatic carbocycles. The molecule has 17 heavy (non-hydrogen) atoms. The molecule has 3 heteroatoms. The van der Waals surface area contributed by atoms with Crippen molar-refractivity contribution < 1.29 is 4.79 Å². The lowest BCUT2D eigenvalue weighted by atomic mass is 9.97. The molecule has 3 nitrogen and oxygen atoms in total. The van der Waals surface area contributed by atoms with Gasteiger partial charge in [0.25, 0.3) is 0 Å². The lowest BCUT2D eigenvalue weighted by Crippen LogP contribution is -2.34. The summed E-state index contributed by atoms with van der Waals surface area (Å²) in [4.78, 5) is 11.4. The molecule has 0 heterocycles. The maximum atomic E-state index is 11.4. The zero-order chi connectivity index (χ0) is 12.3. The van der Waals surface area contributed by atoms with Crippen molar-refractivity contribution in [2.24, 2.45) is 0 Å². The van der Waals surface area contributed by atoms with Gasteiger partial charge in [-0.15, -0.1) is 0 Å². The number of allylic oxidation sites excluding steroid dienone is 1. The van der Waals surface area contributed by atoms with Crippen molar-refractivity contribution in [1.29, 1.82) is 0 Å². The molecule has 0 radical (unpaired) electrons.